The Morgan fingerprint density at radius 2 is 1.58 bits per heavy atom. The molecule has 0 aromatic heterocycles. The van der Waals surface area contributed by atoms with Gasteiger partial charge in [0.2, 0.25) is 0 Å². The van der Waals surface area contributed by atoms with Crippen molar-refractivity contribution in [3.63, 3.8) is 0 Å². The zero-order valence-electron chi connectivity index (χ0n) is 7.16. The standard InChI is InChI=1S/C11H14O/c12-11(8-4-5-9-11)10-6-2-1-3-7-10/h1-3,6-7,12H,4-5,8-9H2. The molecule has 0 bridgehead atoms. The normalized spacial score (nSPS) is 21.1. The predicted molar refractivity (Wildman–Crippen MR) is 48.8 cm³/mol. The van der Waals surface area contributed by atoms with Gasteiger partial charge < -0.3 is 5.11 Å². The molecular formula is C11H14O. The van der Waals surface area contributed by atoms with Crippen LogP contribution in [0.2, 0.25) is 0 Å². The molecule has 1 aliphatic rings. The summed E-state index contributed by atoms with van der Waals surface area (Å²) in [5, 5.41) is 10.2. The first-order valence-corrected chi connectivity index (χ1v) is 4.59. The summed E-state index contributed by atoms with van der Waals surface area (Å²) >= 11 is 0. The lowest BCUT2D eigenvalue weighted by molar-refractivity contribution is 0.0445. The molecule has 2 rings (SSSR count). The molecule has 1 fully saturated rings. The van der Waals surface area contributed by atoms with E-state index in [0.717, 1.165) is 31.2 Å². The summed E-state index contributed by atoms with van der Waals surface area (Å²) in [5.41, 5.74) is 0.573. The zero-order chi connectivity index (χ0) is 8.44. The molecule has 0 saturated heterocycles. The van der Waals surface area contributed by atoms with E-state index >= 15 is 0 Å². The van der Waals surface area contributed by atoms with E-state index in [2.05, 4.69) is 0 Å². The van der Waals surface area contributed by atoms with Gasteiger partial charge in [-0.1, -0.05) is 43.2 Å². The van der Waals surface area contributed by atoms with Crippen LogP contribution in [0, 0.1) is 0 Å². The molecule has 1 nitrogen and oxygen atoms in total. The molecule has 1 aromatic carbocycles. The first kappa shape index (κ1) is 7.81. The third kappa shape index (κ3) is 1.25. The summed E-state index contributed by atoms with van der Waals surface area (Å²) in [7, 11) is 0. The van der Waals surface area contributed by atoms with E-state index in [9.17, 15) is 5.11 Å². The minimum atomic E-state index is -0.513. The Labute approximate surface area is 73.0 Å². The van der Waals surface area contributed by atoms with Crippen LogP contribution < -0.4 is 0 Å². The summed E-state index contributed by atoms with van der Waals surface area (Å²) < 4.78 is 0. The highest BCUT2D eigenvalue weighted by molar-refractivity contribution is 5.22. The molecule has 1 N–H and O–H groups in total. The van der Waals surface area contributed by atoms with Crippen molar-refractivity contribution in [2.24, 2.45) is 0 Å². The second-order valence-electron chi connectivity index (χ2n) is 3.60. The summed E-state index contributed by atoms with van der Waals surface area (Å²) in [6.07, 6.45) is 4.17. The van der Waals surface area contributed by atoms with Crippen LogP contribution in [-0.4, -0.2) is 5.11 Å². The predicted octanol–water partition coefficient (Wildman–Crippen LogP) is 2.45. The van der Waals surface area contributed by atoms with Gasteiger partial charge in [-0.25, -0.2) is 0 Å². The third-order valence-electron chi connectivity index (χ3n) is 2.74. The van der Waals surface area contributed by atoms with Gasteiger partial charge in [0.05, 0.1) is 5.60 Å². The van der Waals surface area contributed by atoms with Crippen molar-refractivity contribution in [1.29, 1.82) is 0 Å². The number of aliphatic hydroxyl groups is 1. The maximum atomic E-state index is 10.2. The number of rotatable bonds is 1. The van der Waals surface area contributed by atoms with Crippen molar-refractivity contribution < 1.29 is 5.11 Å². The summed E-state index contributed by atoms with van der Waals surface area (Å²) in [5.74, 6) is 0. The second kappa shape index (κ2) is 2.91. The highest BCUT2D eigenvalue weighted by atomic mass is 16.3. The van der Waals surface area contributed by atoms with E-state index in [-0.39, 0.29) is 0 Å². The summed E-state index contributed by atoms with van der Waals surface area (Å²) in [6.45, 7) is 0. The Morgan fingerprint density at radius 1 is 1.00 bits per heavy atom. The van der Waals surface area contributed by atoms with Crippen molar-refractivity contribution in [1.82, 2.24) is 0 Å². The van der Waals surface area contributed by atoms with Crippen LogP contribution in [0.1, 0.15) is 31.2 Å². The number of hydrogen-bond acceptors (Lipinski definition) is 1. The summed E-state index contributed by atoms with van der Waals surface area (Å²) in [6, 6.07) is 10.0. The lowest BCUT2D eigenvalue weighted by Gasteiger charge is -2.22. The zero-order valence-corrected chi connectivity index (χ0v) is 7.16. The van der Waals surface area contributed by atoms with Crippen molar-refractivity contribution >= 4 is 0 Å². The van der Waals surface area contributed by atoms with E-state index in [1.165, 1.54) is 0 Å². The molecular weight excluding hydrogens is 148 g/mol. The quantitative estimate of drug-likeness (QED) is 0.672. The average molecular weight is 162 g/mol. The Bertz CT molecular complexity index is 247. The second-order valence-corrected chi connectivity index (χ2v) is 3.60. The Kier molecular flexibility index (Phi) is 1.89. The molecule has 0 heterocycles. The van der Waals surface area contributed by atoms with Crippen LogP contribution in [0.4, 0.5) is 0 Å². The minimum Gasteiger partial charge on any atom is -0.385 e. The summed E-state index contributed by atoms with van der Waals surface area (Å²) in [4.78, 5) is 0. The fourth-order valence-corrected chi connectivity index (χ4v) is 2.00. The van der Waals surface area contributed by atoms with Gasteiger partial charge in [-0.05, 0) is 18.4 Å². The number of hydrogen-bond donors (Lipinski definition) is 1. The van der Waals surface area contributed by atoms with Crippen LogP contribution in [0.25, 0.3) is 0 Å². The van der Waals surface area contributed by atoms with Gasteiger partial charge in [-0.15, -0.1) is 0 Å². The fraction of sp³-hybridized carbons (Fsp3) is 0.455. The molecule has 0 radical (unpaired) electrons. The SMILES string of the molecule is OC1(c2ccccc2)CCCC1. The molecule has 64 valence electrons. The van der Waals surface area contributed by atoms with Gasteiger partial charge >= 0.3 is 0 Å². The van der Waals surface area contributed by atoms with Crippen LogP contribution in [0.3, 0.4) is 0 Å². The monoisotopic (exact) mass is 162 g/mol. The highest BCUT2D eigenvalue weighted by Gasteiger charge is 2.32. The molecule has 0 aliphatic heterocycles. The first-order valence-electron chi connectivity index (χ1n) is 4.59. The van der Waals surface area contributed by atoms with Crippen molar-refractivity contribution in [3.8, 4) is 0 Å². The van der Waals surface area contributed by atoms with E-state index in [1.54, 1.807) is 0 Å². The van der Waals surface area contributed by atoms with Crippen LogP contribution in [0.15, 0.2) is 30.3 Å². The molecule has 1 heteroatoms. The topological polar surface area (TPSA) is 20.2 Å². The van der Waals surface area contributed by atoms with Crippen LogP contribution >= 0.6 is 0 Å². The maximum absolute atomic E-state index is 10.2. The highest BCUT2D eigenvalue weighted by Crippen LogP contribution is 2.38. The van der Waals surface area contributed by atoms with Gasteiger partial charge in [0, 0.05) is 0 Å². The third-order valence-corrected chi connectivity index (χ3v) is 2.74. The Hall–Kier alpha value is -0.820. The molecule has 0 amide bonds. The van der Waals surface area contributed by atoms with E-state index in [4.69, 9.17) is 0 Å². The molecule has 0 atom stereocenters. The van der Waals surface area contributed by atoms with Crippen LogP contribution in [-0.2, 0) is 5.60 Å². The molecule has 12 heavy (non-hydrogen) atoms. The van der Waals surface area contributed by atoms with Crippen LogP contribution in [0.5, 0.6) is 0 Å². The van der Waals surface area contributed by atoms with Crippen molar-refractivity contribution in [3.05, 3.63) is 35.9 Å². The van der Waals surface area contributed by atoms with Gasteiger partial charge in [0.1, 0.15) is 0 Å². The smallest absolute Gasteiger partial charge is 0.0896 e. The minimum absolute atomic E-state index is 0.513. The van der Waals surface area contributed by atoms with Gasteiger partial charge in [0.25, 0.3) is 0 Å². The molecule has 0 spiro atoms. The van der Waals surface area contributed by atoms with Gasteiger partial charge in [0.15, 0.2) is 0 Å². The maximum Gasteiger partial charge on any atom is 0.0896 e. The van der Waals surface area contributed by atoms with Gasteiger partial charge in [-0.3, -0.25) is 0 Å². The molecule has 0 unspecified atom stereocenters. The Morgan fingerprint density at radius 3 is 2.17 bits per heavy atom. The lowest BCUT2D eigenvalue weighted by atomic mass is 9.92. The van der Waals surface area contributed by atoms with E-state index in [0.29, 0.717) is 0 Å². The fourth-order valence-electron chi connectivity index (χ4n) is 2.00. The number of benzene rings is 1. The molecule has 1 saturated carbocycles. The van der Waals surface area contributed by atoms with Crippen molar-refractivity contribution in [2.75, 3.05) is 0 Å². The van der Waals surface area contributed by atoms with E-state index < -0.39 is 5.60 Å². The molecule has 1 aliphatic carbocycles. The average Bonchev–Trinajstić information content (AvgIpc) is 2.55. The molecule has 1 aromatic rings. The van der Waals surface area contributed by atoms with Crippen molar-refractivity contribution in [2.45, 2.75) is 31.3 Å². The first-order chi connectivity index (χ1) is 5.81. The Balaban J connectivity index is 2.29. The van der Waals surface area contributed by atoms with E-state index in [1.807, 2.05) is 30.3 Å². The van der Waals surface area contributed by atoms with Gasteiger partial charge in [-0.2, -0.15) is 0 Å². The largest absolute Gasteiger partial charge is 0.385 e. The lowest BCUT2D eigenvalue weighted by Crippen LogP contribution is -2.20.